The summed E-state index contributed by atoms with van der Waals surface area (Å²) in [6, 6.07) is 4.80. The van der Waals surface area contributed by atoms with E-state index in [2.05, 4.69) is 15.9 Å². The van der Waals surface area contributed by atoms with Crippen molar-refractivity contribution in [2.24, 2.45) is 0 Å². The first-order chi connectivity index (χ1) is 9.20. The first-order valence-electron chi connectivity index (χ1n) is 5.68. The monoisotopic (exact) mass is 362 g/mol. The van der Waals surface area contributed by atoms with Crippen LogP contribution in [0.25, 0.3) is 0 Å². The van der Waals surface area contributed by atoms with Crippen molar-refractivity contribution in [3.8, 4) is 0 Å². The van der Waals surface area contributed by atoms with Crippen molar-refractivity contribution >= 4 is 33.0 Å². The van der Waals surface area contributed by atoms with Crippen LogP contribution in [-0.2, 0) is 6.18 Å². The van der Waals surface area contributed by atoms with Gasteiger partial charge in [-0.3, -0.25) is 4.79 Å². The van der Waals surface area contributed by atoms with Gasteiger partial charge in [0.2, 0.25) is 0 Å². The highest BCUT2D eigenvalue weighted by molar-refractivity contribution is 9.10. The van der Waals surface area contributed by atoms with Gasteiger partial charge in [-0.2, -0.15) is 13.2 Å². The lowest BCUT2D eigenvalue weighted by Crippen LogP contribution is -2.09. The summed E-state index contributed by atoms with van der Waals surface area (Å²) in [5.74, 6) is -0.398. The lowest BCUT2D eigenvalue weighted by molar-refractivity contribution is -0.137. The number of hydrogen-bond donors (Lipinski definition) is 0. The van der Waals surface area contributed by atoms with E-state index in [0.29, 0.717) is 10.0 Å². The van der Waals surface area contributed by atoms with E-state index in [9.17, 15) is 18.0 Å². The van der Waals surface area contributed by atoms with Gasteiger partial charge in [-0.1, -0.05) is 15.9 Å². The van der Waals surface area contributed by atoms with Gasteiger partial charge in [-0.15, -0.1) is 11.3 Å². The molecule has 6 heteroatoms. The van der Waals surface area contributed by atoms with Crippen molar-refractivity contribution in [3.63, 3.8) is 0 Å². The van der Waals surface area contributed by atoms with Crippen LogP contribution < -0.4 is 0 Å². The van der Waals surface area contributed by atoms with Gasteiger partial charge in [0.25, 0.3) is 0 Å². The zero-order valence-corrected chi connectivity index (χ0v) is 13.0. The van der Waals surface area contributed by atoms with Crippen LogP contribution in [0.2, 0.25) is 0 Å². The summed E-state index contributed by atoms with van der Waals surface area (Å²) < 4.78 is 38.5. The first kappa shape index (κ1) is 15.3. The summed E-state index contributed by atoms with van der Waals surface area (Å²) in [5.41, 5.74) is -0.345. The summed E-state index contributed by atoms with van der Waals surface area (Å²) in [6.45, 7) is 3.64. The highest BCUT2D eigenvalue weighted by atomic mass is 79.9. The molecular weight excluding hydrogens is 353 g/mol. The largest absolute Gasteiger partial charge is 0.416 e. The Morgan fingerprint density at radius 2 is 1.80 bits per heavy atom. The number of rotatable bonds is 2. The summed E-state index contributed by atoms with van der Waals surface area (Å²) in [5, 5.41) is 0. The topological polar surface area (TPSA) is 17.1 Å². The van der Waals surface area contributed by atoms with Crippen LogP contribution in [0.5, 0.6) is 0 Å². The summed E-state index contributed by atoms with van der Waals surface area (Å²) in [6.07, 6.45) is -4.46. The van der Waals surface area contributed by atoms with Crippen molar-refractivity contribution < 1.29 is 18.0 Å². The Kier molecular flexibility index (Phi) is 4.07. The number of benzene rings is 1. The first-order valence-corrected chi connectivity index (χ1v) is 7.29. The van der Waals surface area contributed by atoms with Crippen LogP contribution in [-0.4, -0.2) is 5.78 Å². The Labute approximate surface area is 126 Å². The number of carbonyl (C=O) groups is 1. The second-order valence-electron chi connectivity index (χ2n) is 4.35. The maximum absolute atomic E-state index is 12.7. The number of carbonyl (C=O) groups excluding carboxylic acids is 1. The lowest BCUT2D eigenvalue weighted by atomic mass is 10.0. The molecule has 0 aliphatic rings. The standard InChI is InChI=1S/C14H10BrF3OS/c1-7-5-10(8(2)20-7)13(19)11-6-9(14(16,17)18)3-4-12(11)15/h3-6H,1-2H3. The van der Waals surface area contributed by atoms with E-state index in [-0.39, 0.29) is 5.56 Å². The molecule has 0 spiro atoms. The lowest BCUT2D eigenvalue weighted by Gasteiger charge is -2.10. The van der Waals surface area contributed by atoms with Gasteiger partial charge in [0, 0.05) is 25.4 Å². The Hall–Kier alpha value is -1.14. The van der Waals surface area contributed by atoms with E-state index < -0.39 is 17.5 Å². The van der Waals surface area contributed by atoms with E-state index in [4.69, 9.17) is 0 Å². The SMILES string of the molecule is Cc1cc(C(=O)c2cc(C(F)(F)F)ccc2Br)c(C)s1. The van der Waals surface area contributed by atoms with E-state index in [0.717, 1.165) is 21.9 Å². The molecule has 106 valence electrons. The van der Waals surface area contributed by atoms with Gasteiger partial charge in [0.05, 0.1) is 5.56 Å². The van der Waals surface area contributed by atoms with Crippen LogP contribution in [0.3, 0.4) is 0 Å². The molecule has 0 saturated heterocycles. The fraction of sp³-hybridized carbons (Fsp3) is 0.214. The average molecular weight is 363 g/mol. The zero-order chi connectivity index (χ0) is 15.1. The molecule has 0 aliphatic heterocycles. The molecule has 1 heterocycles. The maximum Gasteiger partial charge on any atom is 0.416 e. The Morgan fingerprint density at radius 3 is 2.30 bits per heavy atom. The van der Waals surface area contributed by atoms with Gasteiger partial charge >= 0.3 is 6.18 Å². The third-order valence-electron chi connectivity index (χ3n) is 2.82. The number of ketones is 1. The van der Waals surface area contributed by atoms with E-state index in [1.54, 1.807) is 13.0 Å². The maximum atomic E-state index is 12.7. The quantitative estimate of drug-likeness (QED) is 0.655. The van der Waals surface area contributed by atoms with E-state index >= 15 is 0 Å². The minimum atomic E-state index is -4.46. The molecule has 1 aromatic heterocycles. The Balaban J connectivity index is 2.52. The molecular formula is C14H10BrF3OS. The van der Waals surface area contributed by atoms with Crippen molar-refractivity contribution in [2.75, 3.05) is 0 Å². The van der Waals surface area contributed by atoms with Crippen LogP contribution in [0.4, 0.5) is 13.2 Å². The van der Waals surface area contributed by atoms with Gasteiger partial charge in [0.15, 0.2) is 5.78 Å². The van der Waals surface area contributed by atoms with Crippen LogP contribution in [0.15, 0.2) is 28.7 Å². The van der Waals surface area contributed by atoms with Crippen molar-refractivity contribution in [2.45, 2.75) is 20.0 Å². The number of alkyl halides is 3. The second-order valence-corrected chi connectivity index (χ2v) is 6.66. The van der Waals surface area contributed by atoms with Crippen LogP contribution in [0.1, 0.15) is 31.2 Å². The molecule has 1 nitrogen and oxygen atoms in total. The molecule has 0 radical (unpaired) electrons. The predicted octanol–water partition coefficient (Wildman–Crippen LogP) is 5.38. The molecule has 0 aliphatic carbocycles. The van der Waals surface area contributed by atoms with E-state index in [1.807, 2.05) is 6.92 Å². The highest BCUT2D eigenvalue weighted by Crippen LogP contribution is 2.33. The van der Waals surface area contributed by atoms with Crippen molar-refractivity contribution in [1.29, 1.82) is 0 Å². The van der Waals surface area contributed by atoms with Gasteiger partial charge in [-0.05, 0) is 38.1 Å². The minimum Gasteiger partial charge on any atom is -0.289 e. The number of halogens is 4. The van der Waals surface area contributed by atoms with Crippen LogP contribution in [0, 0.1) is 13.8 Å². The zero-order valence-electron chi connectivity index (χ0n) is 10.6. The molecule has 0 bridgehead atoms. The summed E-state index contributed by atoms with van der Waals surface area (Å²) in [7, 11) is 0. The van der Waals surface area contributed by atoms with Gasteiger partial charge in [0.1, 0.15) is 0 Å². The van der Waals surface area contributed by atoms with Gasteiger partial charge in [-0.25, -0.2) is 0 Å². The fourth-order valence-electron chi connectivity index (χ4n) is 1.88. The third-order valence-corrected chi connectivity index (χ3v) is 4.48. The number of hydrogen-bond acceptors (Lipinski definition) is 2. The molecule has 20 heavy (non-hydrogen) atoms. The molecule has 1 aromatic carbocycles. The molecule has 0 fully saturated rings. The van der Waals surface area contributed by atoms with Crippen molar-refractivity contribution in [1.82, 2.24) is 0 Å². The van der Waals surface area contributed by atoms with Gasteiger partial charge < -0.3 is 0 Å². The molecule has 2 aromatic rings. The van der Waals surface area contributed by atoms with Crippen LogP contribution >= 0.6 is 27.3 Å². The van der Waals surface area contributed by atoms with Crippen molar-refractivity contribution in [3.05, 3.63) is 55.2 Å². The third kappa shape index (κ3) is 2.96. The summed E-state index contributed by atoms with van der Waals surface area (Å²) >= 11 is 4.59. The predicted molar refractivity (Wildman–Crippen MR) is 76.4 cm³/mol. The average Bonchev–Trinajstić information content (AvgIpc) is 2.66. The van der Waals surface area contributed by atoms with E-state index in [1.165, 1.54) is 17.4 Å². The molecule has 0 saturated carbocycles. The highest BCUT2D eigenvalue weighted by Gasteiger charge is 2.32. The molecule has 0 atom stereocenters. The Morgan fingerprint density at radius 1 is 1.15 bits per heavy atom. The number of thiophene rings is 1. The fourth-order valence-corrected chi connectivity index (χ4v) is 3.22. The molecule has 0 amide bonds. The second kappa shape index (κ2) is 5.33. The molecule has 0 N–H and O–H groups in total. The minimum absolute atomic E-state index is 0.0284. The molecule has 0 unspecified atom stereocenters. The molecule has 2 rings (SSSR count). The Bertz CT molecular complexity index is 674. The smallest absolute Gasteiger partial charge is 0.289 e. The normalized spacial score (nSPS) is 11.7. The summed E-state index contributed by atoms with van der Waals surface area (Å²) in [4.78, 5) is 14.1. The number of aryl methyl sites for hydroxylation is 2.